The highest BCUT2D eigenvalue weighted by Gasteiger charge is 2.15. The van der Waals surface area contributed by atoms with Gasteiger partial charge in [-0.25, -0.2) is 4.79 Å². The normalized spacial score (nSPS) is 10.1. The zero-order chi connectivity index (χ0) is 11.6. The maximum absolute atomic E-state index is 10.7. The van der Waals surface area contributed by atoms with E-state index in [2.05, 4.69) is 0 Å². The number of benzene rings is 1. The quantitative estimate of drug-likeness (QED) is 0.564. The molecule has 1 aromatic rings. The number of anilines is 1. The second-order valence-electron chi connectivity index (χ2n) is 2.60. The van der Waals surface area contributed by atoms with Crippen LogP contribution in [0.25, 0.3) is 0 Å². The predicted octanol–water partition coefficient (Wildman–Crippen LogP) is 2.34. The molecule has 0 aliphatic rings. The number of hydrogen-bond acceptors (Lipinski definition) is 5. The molecule has 1 aromatic carbocycles. The smallest absolute Gasteiger partial charge is 0.337 e. The number of carboxylic acid groups (broad SMARTS) is 1. The summed E-state index contributed by atoms with van der Waals surface area (Å²) in [5, 5.41) is 26.4. The third-order valence-corrected chi connectivity index (χ3v) is 2.79. The Labute approximate surface area is 94.8 Å². The molecule has 0 atom stereocenters. The van der Waals surface area contributed by atoms with Crippen molar-refractivity contribution >= 4 is 35.0 Å². The molecule has 7 heteroatoms. The Kier molecular flexibility index (Phi) is 3.81. The predicted molar refractivity (Wildman–Crippen MR) is 56.2 cm³/mol. The van der Waals surface area contributed by atoms with Crippen LogP contribution < -0.4 is 5.23 Å². The lowest BCUT2D eigenvalue weighted by Crippen LogP contribution is -2.13. The minimum absolute atomic E-state index is 0.0238. The first-order chi connectivity index (χ1) is 6.97. The monoisotopic (exact) mass is 249 g/mol. The maximum Gasteiger partial charge on any atom is 0.337 e. The van der Waals surface area contributed by atoms with Crippen molar-refractivity contribution in [2.45, 2.75) is 4.90 Å². The zero-order valence-electron chi connectivity index (χ0n) is 7.64. The third-order valence-electron chi connectivity index (χ3n) is 1.71. The molecule has 3 N–H and O–H groups in total. The van der Waals surface area contributed by atoms with Crippen LogP contribution in [0.4, 0.5) is 5.69 Å². The van der Waals surface area contributed by atoms with Crippen LogP contribution in [0, 0.1) is 0 Å². The Morgan fingerprint density at radius 1 is 1.47 bits per heavy atom. The minimum atomic E-state index is -1.23. The van der Waals surface area contributed by atoms with Crippen molar-refractivity contribution in [3.8, 4) is 0 Å². The first kappa shape index (κ1) is 12.1. The summed E-state index contributed by atoms with van der Waals surface area (Å²) in [6, 6.07) is 2.46. The number of rotatable bonds is 3. The molecule has 0 aliphatic carbocycles. The van der Waals surface area contributed by atoms with Crippen molar-refractivity contribution in [1.29, 1.82) is 0 Å². The Hall–Kier alpha value is -0.950. The van der Waals surface area contributed by atoms with Gasteiger partial charge in [0.1, 0.15) is 5.69 Å². The van der Waals surface area contributed by atoms with Gasteiger partial charge in [0.25, 0.3) is 0 Å². The number of thioether (sulfide) groups is 1. The van der Waals surface area contributed by atoms with Gasteiger partial charge < -0.3 is 5.11 Å². The molecule has 5 nitrogen and oxygen atoms in total. The van der Waals surface area contributed by atoms with Crippen molar-refractivity contribution in [3.63, 3.8) is 0 Å². The summed E-state index contributed by atoms with van der Waals surface area (Å²) in [7, 11) is 0. The lowest BCUT2D eigenvalue weighted by Gasteiger charge is -2.13. The van der Waals surface area contributed by atoms with E-state index in [4.69, 9.17) is 27.1 Å². The van der Waals surface area contributed by atoms with Crippen LogP contribution in [0.3, 0.4) is 0 Å². The molecule has 15 heavy (non-hydrogen) atoms. The topological polar surface area (TPSA) is 81.0 Å². The van der Waals surface area contributed by atoms with Crippen molar-refractivity contribution in [1.82, 2.24) is 0 Å². The number of hydrogen-bond donors (Lipinski definition) is 3. The average Bonchev–Trinajstić information content (AvgIpc) is 2.16. The molecule has 82 valence electrons. The van der Waals surface area contributed by atoms with Gasteiger partial charge in [-0.1, -0.05) is 11.6 Å². The summed E-state index contributed by atoms with van der Waals surface area (Å²) >= 11 is 6.92. The molecule has 0 spiro atoms. The second-order valence-corrected chi connectivity index (χ2v) is 3.85. The Balaban J connectivity index is 3.37. The van der Waals surface area contributed by atoms with Gasteiger partial charge in [0.2, 0.25) is 0 Å². The van der Waals surface area contributed by atoms with E-state index in [1.807, 2.05) is 0 Å². The van der Waals surface area contributed by atoms with Crippen LogP contribution in [0.2, 0.25) is 5.02 Å². The molecule has 0 aliphatic heterocycles. The molecular weight excluding hydrogens is 242 g/mol. The molecular formula is C8H8ClNO4S. The van der Waals surface area contributed by atoms with Gasteiger partial charge in [0.05, 0.1) is 10.6 Å². The summed E-state index contributed by atoms with van der Waals surface area (Å²) in [5.74, 6) is -1.23. The van der Waals surface area contributed by atoms with Crippen LogP contribution in [-0.2, 0) is 0 Å². The third kappa shape index (κ3) is 2.54. The van der Waals surface area contributed by atoms with Crippen LogP contribution >= 0.6 is 23.4 Å². The molecule has 0 saturated carbocycles. The lowest BCUT2D eigenvalue weighted by atomic mass is 10.2. The summed E-state index contributed by atoms with van der Waals surface area (Å²) in [6.07, 6.45) is 1.71. The SMILES string of the molecule is CSc1cc(Cl)c(C(=O)O)cc1N(O)O. The highest BCUT2D eigenvalue weighted by atomic mass is 35.5. The summed E-state index contributed by atoms with van der Waals surface area (Å²) in [6.45, 7) is 0. The van der Waals surface area contributed by atoms with Crippen molar-refractivity contribution in [2.75, 3.05) is 11.5 Å². The highest BCUT2D eigenvalue weighted by Crippen LogP contribution is 2.32. The fourth-order valence-corrected chi connectivity index (χ4v) is 1.92. The zero-order valence-corrected chi connectivity index (χ0v) is 9.21. The van der Waals surface area contributed by atoms with Crippen LogP contribution in [0.15, 0.2) is 17.0 Å². The van der Waals surface area contributed by atoms with E-state index in [1.165, 1.54) is 17.8 Å². The molecule has 1 rings (SSSR count). The van der Waals surface area contributed by atoms with E-state index in [1.54, 1.807) is 6.26 Å². The maximum atomic E-state index is 10.7. The number of aromatic carboxylic acids is 1. The van der Waals surface area contributed by atoms with Crippen molar-refractivity contribution in [3.05, 3.63) is 22.7 Å². The molecule has 0 aromatic heterocycles. The van der Waals surface area contributed by atoms with Gasteiger partial charge in [-0.15, -0.1) is 17.0 Å². The van der Waals surface area contributed by atoms with Crippen LogP contribution in [-0.4, -0.2) is 27.7 Å². The van der Waals surface area contributed by atoms with E-state index in [-0.39, 0.29) is 21.5 Å². The summed E-state index contributed by atoms with van der Waals surface area (Å²) < 4.78 is 0. The average molecular weight is 250 g/mol. The lowest BCUT2D eigenvalue weighted by molar-refractivity contribution is 0.0277. The van der Waals surface area contributed by atoms with E-state index in [0.29, 0.717) is 4.90 Å². The van der Waals surface area contributed by atoms with Crippen LogP contribution in [0.5, 0.6) is 0 Å². The van der Waals surface area contributed by atoms with E-state index in [9.17, 15) is 4.79 Å². The second kappa shape index (κ2) is 4.71. The fourth-order valence-electron chi connectivity index (χ4n) is 1.03. The molecule has 0 heterocycles. The van der Waals surface area contributed by atoms with Crippen molar-refractivity contribution in [2.24, 2.45) is 0 Å². The number of carbonyl (C=O) groups is 1. The number of nitrogens with zero attached hydrogens (tertiary/aromatic N) is 1. The van der Waals surface area contributed by atoms with Crippen molar-refractivity contribution < 1.29 is 20.3 Å². The summed E-state index contributed by atoms with van der Waals surface area (Å²) in [5.41, 5.74) is -0.207. The molecule has 0 bridgehead atoms. The minimum Gasteiger partial charge on any atom is -0.478 e. The number of carboxylic acids is 1. The van der Waals surface area contributed by atoms with Crippen LogP contribution in [0.1, 0.15) is 10.4 Å². The van der Waals surface area contributed by atoms with E-state index < -0.39 is 5.97 Å². The van der Waals surface area contributed by atoms with Gasteiger partial charge in [0, 0.05) is 4.90 Å². The molecule has 0 unspecified atom stereocenters. The highest BCUT2D eigenvalue weighted by molar-refractivity contribution is 7.98. The largest absolute Gasteiger partial charge is 0.478 e. The van der Waals surface area contributed by atoms with Gasteiger partial charge in [-0.3, -0.25) is 10.4 Å². The fraction of sp³-hybridized carbons (Fsp3) is 0.125. The summed E-state index contributed by atoms with van der Waals surface area (Å²) in [4.78, 5) is 11.2. The Morgan fingerprint density at radius 2 is 2.07 bits per heavy atom. The Morgan fingerprint density at radius 3 is 2.47 bits per heavy atom. The molecule has 0 amide bonds. The first-order valence-electron chi connectivity index (χ1n) is 3.76. The number of halogens is 1. The van der Waals surface area contributed by atoms with E-state index in [0.717, 1.165) is 6.07 Å². The first-order valence-corrected chi connectivity index (χ1v) is 5.36. The van der Waals surface area contributed by atoms with Gasteiger partial charge in [-0.05, 0) is 18.4 Å². The van der Waals surface area contributed by atoms with Gasteiger partial charge in [0.15, 0.2) is 0 Å². The van der Waals surface area contributed by atoms with Gasteiger partial charge >= 0.3 is 5.97 Å². The molecule has 0 fully saturated rings. The van der Waals surface area contributed by atoms with E-state index >= 15 is 0 Å². The van der Waals surface area contributed by atoms with Gasteiger partial charge in [-0.2, -0.15) is 0 Å². The molecule has 0 saturated heterocycles. The standard InChI is InChI=1S/C8H8ClNO4S/c1-15-7-3-5(9)4(8(11)12)2-6(7)10(13)14/h2-3,13-14H,1H3,(H,11,12). The molecule has 0 radical (unpaired) electrons. The Bertz CT molecular complexity index is 396.